The second-order valence-corrected chi connectivity index (χ2v) is 4.43. The van der Waals surface area contributed by atoms with Crippen LogP contribution in [0.3, 0.4) is 0 Å². The van der Waals surface area contributed by atoms with Gasteiger partial charge in [0.2, 0.25) is 6.79 Å². The number of aromatic carboxylic acids is 1. The molecule has 0 saturated carbocycles. The van der Waals surface area contributed by atoms with Crippen LogP contribution in [-0.4, -0.2) is 28.2 Å². The third kappa shape index (κ3) is 1.91. The van der Waals surface area contributed by atoms with Gasteiger partial charge in [-0.25, -0.2) is 4.79 Å². The molecule has 2 heterocycles. The zero-order valence-electron chi connectivity index (χ0n) is 10.6. The lowest BCUT2D eigenvalue weighted by Gasteiger charge is -2.00. The predicted octanol–water partition coefficient (Wildman–Crippen LogP) is 1.68. The first-order valence-electron chi connectivity index (χ1n) is 5.90. The first-order chi connectivity index (χ1) is 9.56. The Bertz CT molecular complexity index is 716. The first kappa shape index (κ1) is 12.3. The smallest absolute Gasteiger partial charge is 0.352 e. The van der Waals surface area contributed by atoms with E-state index in [-0.39, 0.29) is 18.3 Å². The minimum atomic E-state index is -1.07. The van der Waals surface area contributed by atoms with Crippen molar-refractivity contribution in [2.45, 2.75) is 0 Å². The summed E-state index contributed by atoms with van der Waals surface area (Å²) < 4.78 is 11.8. The molecule has 0 aliphatic carbocycles. The van der Waals surface area contributed by atoms with E-state index in [2.05, 4.69) is 0 Å². The number of carboxylic acids is 1. The molecule has 0 bridgehead atoms. The minimum absolute atomic E-state index is 0.0640. The number of rotatable bonds is 3. The van der Waals surface area contributed by atoms with Gasteiger partial charge in [0.05, 0.1) is 0 Å². The molecule has 3 rings (SSSR count). The summed E-state index contributed by atoms with van der Waals surface area (Å²) in [6.07, 6.45) is 1.50. The number of carboxylic acid groups (broad SMARTS) is 1. The Hall–Kier alpha value is -2.76. The molecule has 0 saturated heterocycles. The highest BCUT2D eigenvalue weighted by Crippen LogP contribution is 2.33. The third-order valence-electron chi connectivity index (χ3n) is 3.12. The lowest BCUT2D eigenvalue weighted by atomic mass is 10.1. The predicted molar refractivity (Wildman–Crippen MR) is 68.4 cm³/mol. The van der Waals surface area contributed by atoms with Gasteiger partial charge in [-0.3, -0.25) is 4.79 Å². The molecule has 1 aromatic heterocycles. The summed E-state index contributed by atoms with van der Waals surface area (Å²) in [5.41, 5.74) is 0.814. The molecule has 6 nitrogen and oxygen atoms in total. The van der Waals surface area contributed by atoms with Crippen LogP contribution >= 0.6 is 0 Å². The Balaban J connectivity index is 1.96. The fourth-order valence-electron chi connectivity index (χ4n) is 2.11. The summed E-state index contributed by atoms with van der Waals surface area (Å²) in [5.74, 6) is -0.213. The number of carbonyl (C=O) groups is 2. The highest BCUT2D eigenvalue weighted by molar-refractivity contribution is 6.10. The zero-order valence-corrected chi connectivity index (χ0v) is 10.6. The van der Waals surface area contributed by atoms with Crippen LogP contribution in [0.1, 0.15) is 26.4 Å². The van der Waals surface area contributed by atoms with Gasteiger partial charge in [-0.05, 0) is 24.3 Å². The second kappa shape index (κ2) is 4.41. The van der Waals surface area contributed by atoms with Gasteiger partial charge in [-0.2, -0.15) is 0 Å². The second-order valence-electron chi connectivity index (χ2n) is 4.43. The van der Waals surface area contributed by atoms with Gasteiger partial charge in [0.1, 0.15) is 5.69 Å². The van der Waals surface area contributed by atoms with E-state index in [1.807, 2.05) is 0 Å². The van der Waals surface area contributed by atoms with E-state index in [1.165, 1.54) is 16.8 Å². The number of fused-ring (bicyclic) bond motifs is 1. The summed E-state index contributed by atoms with van der Waals surface area (Å²) in [4.78, 5) is 23.3. The minimum Gasteiger partial charge on any atom is -0.477 e. The SMILES string of the molecule is Cn1cc(C(=O)c2ccc3c(c2)OCO3)cc1C(=O)O. The van der Waals surface area contributed by atoms with Gasteiger partial charge in [0.15, 0.2) is 17.3 Å². The number of hydrogen-bond donors (Lipinski definition) is 1. The third-order valence-corrected chi connectivity index (χ3v) is 3.12. The van der Waals surface area contributed by atoms with Crippen molar-refractivity contribution < 1.29 is 24.2 Å². The van der Waals surface area contributed by atoms with Gasteiger partial charge < -0.3 is 19.1 Å². The average Bonchev–Trinajstić information content (AvgIpc) is 3.02. The van der Waals surface area contributed by atoms with Crippen molar-refractivity contribution >= 4 is 11.8 Å². The summed E-state index contributed by atoms with van der Waals surface area (Å²) in [6.45, 7) is 0.140. The van der Waals surface area contributed by atoms with Gasteiger partial charge in [0.25, 0.3) is 0 Å². The van der Waals surface area contributed by atoms with Crippen LogP contribution < -0.4 is 9.47 Å². The number of carbonyl (C=O) groups excluding carboxylic acids is 1. The van der Waals surface area contributed by atoms with Crippen molar-refractivity contribution in [3.8, 4) is 11.5 Å². The van der Waals surface area contributed by atoms with Crippen LogP contribution in [0.4, 0.5) is 0 Å². The quantitative estimate of drug-likeness (QED) is 0.861. The van der Waals surface area contributed by atoms with E-state index in [1.54, 1.807) is 25.2 Å². The molecule has 20 heavy (non-hydrogen) atoms. The lowest BCUT2D eigenvalue weighted by molar-refractivity contribution is 0.0686. The topological polar surface area (TPSA) is 77.8 Å². The number of hydrogen-bond acceptors (Lipinski definition) is 4. The van der Waals surface area contributed by atoms with Crippen LogP contribution in [0.2, 0.25) is 0 Å². The Kier molecular flexibility index (Phi) is 2.71. The van der Waals surface area contributed by atoms with E-state index in [9.17, 15) is 9.59 Å². The number of benzene rings is 1. The Morgan fingerprint density at radius 2 is 1.90 bits per heavy atom. The molecule has 2 aromatic rings. The summed E-state index contributed by atoms with van der Waals surface area (Å²) in [6, 6.07) is 6.24. The van der Waals surface area contributed by atoms with Crippen molar-refractivity contribution in [3.05, 3.63) is 47.3 Å². The molecule has 6 heteroatoms. The normalized spacial score (nSPS) is 12.4. The van der Waals surface area contributed by atoms with Gasteiger partial charge >= 0.3 is 5.97 Å². The molecule has 0 spiro atoms. The fourth-order valence-corrected chi connectivity index (χ4v) is 2.11. The molecule has 0 unspecified atom stereocenters. The maximum absolute atomic E-state index is 12.3. The monoisotopic (exact) mass is 273 g/mol. The van der Waals surface area contributed by atoms with E-state index in [0.717, 1.165) is 0 Å². The highest BCUT2D eigenvalue weighted by atomic mass is 16.7. The van der Waals surface area contributed by atoms with Crippen molar-refractivity contribution in [1.82, 2.24) is 4.57 Å². The molecule has 1 aromatic carbocycles. The van der Waals surface area contributed by atoms with E-state index in [4.69, 9.17) is 14.6 Å². The average molecular weight is 273 g/mol. The van der Waals surface area contributed by atoms with E-state index < -0.39 is 5.97 Å². The van der Waals surface area contributed by atoms with E-state index in [0.29, 0.717) is 22.6 Å². The first-order valence-corrected chi connectivity index (χ1v) is 5.90. The molecule has 102 valence electrons. The van der Waals surface area contributed by atoms with E-state index >= 15 is 0 Å². The van der Waals surface area contributed by atoms with Crippen LogP contribution in [0, 0.1) is 0 Å². The molecule has 1 aliphatic heterocycles. The maximum atomic E-state index is 12.3. The summed E-state index contributed by atoms with van der Waals surface area (Å²) >= 11 is 0. The fraction of sp³-hybridized carbons (Fsp3) is 0.143. The lowest BCUT2D eigenvalue weighted by Crippen LogP contribution is -2.02. The molecule has 1 N–H and O–H groups in total. The Labute approximate surface area is 114 Å². The van der Waals surface area contributed by atoms with Crippen LogP contribution in [0.25, 0.3) is 0 Å². The molecule has 0 atom stereocenters. The van der Waals surface area contributed by atoms with Crippen molar-refractivity contribution in [2.75, 3.05) is 6.79 Å². The Morgan fingerprint density at radius 1 is 1.15 bits per heavy atom. The molecular weight excluding hydrogens is 262 g/mol. The zero-order chi connectivity index (χ0) is 14.3. The van der Waals surface area contributed by atoms with Gasteiger partial charge in [0, 0.05) is 24.4 Å². The van der Waals surface area contributed by atoms with Crippen LogP contribution in [-0.2, 0) is 7.05 Å². The standard InChI is InChI=1S/C14H11NO5/c1-15-6-9(4-10(15)14(17)18)13(16)8-2-3-11-12(5-8)20-7-19-11/h2-6H,7H2,1H3,(H,17,18). The molecular formula is C14H11NO5. The molecule has 0 radical (unpaired) electrons. The summed E-state index contributed by atoms with van der Waals surface area (Å²) in [7, 11) is 1.58. The van der Waals surface area contributed by atoms with Gasteiger partial charge in [-0.15, -0.1) is 0 Å². The molecule has 1 aliphatic rings. The van der Waals surface area contributed by atoms with Gasteiger partial charge in [-0.1, -0.05) is 0 Å². The molecule has 0 fully saturated rings. The van der Waals surface area contributed by atoms with Crippen LogP contribution in [0.15, 0.2) is 30.5 Å². The highest BCUT2D eigenvalue weighted by Gasteiger charge is 2.19. The van der Waals surface area contributed by atoms with Crippen molar-refractivity contribution in [2.24, 2.45) is 7.05 Å². The Morgan fingerprint density at radius 3 is 2.60 bits per heavy atom. The number of ketones is 1. The summed E-state index contributed by atoms with van der Waals surface area (Å²) in [5, 5.41) is 8.99. The number of aromatic nitrogens is 1. The van der Waals surface area contributed by atoms with Crippen molar-refractivity contribution in [3.63, 3.8) is 0 Å². The molecule has 0 amide bonds. The number of ether oxygens (including phenoxy) is 2. The number of aryl methyl sites for hydroxylation is 1. The number of nitrogens with zero attached hydrogens (tertiary/aromatic N) is 1. The largest absolute Gasteiger partial charge is 0.477 e. The van der Waals surface area contributed by atoms with Crippen molar-refractivity contribution in [1.29, 1.82) is 0 Å². The maximum Gasteiger partial charge on any atom is 0.352 e. The van der Waals surface area contributed by atoms with Crippen LogP contribution in [0.5, 0.6) is 11.5 Å².